The number of halogens is 2. The molecule has 2 aromatic rings. The third kappa shape index (κ3) is 2.76. The molecule has 1 atom stereocenters. The van der Waals surface area contributed by atoms with Gasteiger partial charge in [0.15, 0.2) is 0 Å². The van der Waals surface area contributed by atoms with Crippen molar-refractivity contribution in [1.29, 1.82) is 0 Å². The molecular formula is C14H17Cl2N3O. The van der Waals surface area contributed by atoms with Crippen molar-refractivity contribution in [3.05, 3.63) is 29.0 Å². The lowest BCUT2D eigenvalue weighted by Gasteiger charge is -2.17. The maximum absolute atomic E-state index is 12.2. The van der Waals surface area contributed by atoms with Crippen molar-refractivity contribution in [2.45, 2.75) is 25.8 Å². The van der Waals surface area contributed by atoms with Crippen LogP contribution in [0.5, 0.6) is 0 Å². The van der Waals surface area contributed by atoms with Crippen LogP contribution >= 0.6 is 23.2 Å². The zero-order valence-electron chi connectivity index (χ0n) is 11.7. The van der Waals surface area contributed by atoms with E-state index in [1.807, 2.05) is 30.5 Å². The molecule has 0 fully saturated rings. The standard InChI is InChI=1S/C14H17Cl2N3O/c1-4-18(3)12(20)8-19-13-10(16)6-5-7-11(13)17-14(19)9(2)15/h5-7,9H,4,8H2,1-3H3. The molecule has 1 unspecified atom stereocenters. The Balaban J connectivity index is 2.54. The normalized spacial score (nSPS) is 12.7. The van der Waals surface area contributed by atoms with Crippen molar-refractivity contribution in [1.82, 2.24) is 14.5 Å². The van der Waals surface area contributed by atoms with E-state index >= 15 is 0 Å². The van der Waals surface area contributed by atoms with Crippen molar-refractivity contribution in [3.63, 3.8) is 0 Å². The Morgan fingerprint density at radius 3 is 2.80 bits per heavy atom. The predicted molar refractivity (Wildman–Crippen MR) is 82.3 cm³/mol. The molecular weight excluding hydrogens is 297 g/mol. The summed E-state index contributed by atoms with van der Waals surface area (Å²) in [5, 5.41) is 0.281. The molecule has 0 saturated carbocycles. The zero-order valence-corrected chi connectivity index (χ0v) is 13.2. The van der Waals surface area contributed by atoms with Gasteiger partial charge in [-0.3, -0.25) is 4.79 Å². The summed E-state index contributed by atoms with van der Waals surface area (Å²) in [6, 6.07) is 5.50. The van der Waals surface area contributed by atoms with Crippen LogP contribution in [0.15, 0.2) is 18.2 Å². The van der Waals surface area contributed by atoms with Crippen LogP contribution in [0.25, 0.3) is 11.0 Å². The minimum atomic E-state index is -0.293. The number of rotatable bonds is 4. The van der Waals surface area contributed by atoms with Gasteiger partial charge in [-0.05, 0) is 26.0 Å². The van der Waals surface area contributed by atoms with E-state index in [0.29, 0.717) is 17.4 Å². The highest BCUT2D eigenvalue weighted by Crippen LogP contribution is 2.29. The average molecular weight is 314 g/mol. The number of likely N-dealkylation sites (N-methyl/N-ethyl adjacent to an activating group) is 1. The van der Waals surface area contributed by atoms with Gasteiger partial charge in [-0.1, -0.05) is 17.7 Å². The fourth-order valence-electron chi connectivity index (χ4n) is 2.06. The second-order valence-corrected chi connectivity index (χ2v) is 5.75. The molecule has 0 aliphatic heterocycles. The number of amides is 1. The number of benzene rings is 1. The number of fused-ring (bicyclic) bond motifs is 1. The van der Waals surface area contributed by atoms with E-state index in [1.165, 1.54) is 0 Å². The van der Waals surface area contributed by atoms with Crippen molar-refractivity contribution in [3.8, 4) is 0 Å². The first kappa shape index (κ1) is 15.1. The third-order valence-corrected chi connectivity index (χ3v) is 3.80. The van der Waals surface area contributed by atoms with E-state index in [-0.39, 0.29) is 17.8 Å². The Bertz CT molecular complexity index is 637. The fourth-order valence-corrected chi connectivity index (χ4v) is 2.49. The summed E-state index contributed by atoms with van der Waals surface area (Å²) in [6.07, 6.45) is 0. The molecule has 0 radical (unpaired) electrons. The van der Waals surface area contributed by atoms with Gasteiger partial charge in [0.25, 0.3) is 0 Å². The van der Waals surface area contributed by atoms with Crippen molar-refractivity contribution < 1.29 is 4.79 Å². The first-order valence-corrected chi connectivity index (χ1v) is 7.29. The summed E-state index contributed by atoms with van der Waals surface area (Å²) < 4.78 is 1.81. The van der Waals surface area contributed by atoms with Crippen LogP contribution in [-0.4, -0.2) is 34.0 Å². The molecule has 1 amide bonds. The molecule has 20 heavy (non-hydrogen) atoms. The molecule has 6 heteroatoms. The molecule has 0 N–H and O–H groups in total. The summed E-state index contributed by atoms with van der Waals surface area (Å²) >= 11 is 12.4. The third-order valence-electron chi connectivity index (χ3n) is 3.30. The van der Waals surface area contributed by atoms with Gasteiger partial charge in [0.05, 0.1) is 21.4 Å². The predicted octanol–water partition coefficient (Wildman–Crippen LogP) is 3.47. The van der Waals surface area contributed by atoms with Gasteiger partial charge in [-0.15, -0.1) is 11.6 Å². The molecule has 0 bridgehead atoms. The summed E-state index contributed by atoms with van der Waals surface area (Å²) in [4.78, 5) is 18.3. The Kier molecular flexibility index (Phi) is 4.55. The number of aromatic nitrogens is 2. The Hall–Kier alpha value is -1.26. The lowest BCUT2D eigenvalue weighted by Crippen LogP contribution is -2.30. The number of alkyl halides is 1. The van der Waals surface area contributed by atoms with Gasteiger partial charge >= 0.3 is 0 Å². The van der Waals surface area contributed by atoms with Crippen LogP contribution in [0.3, 0.4) is 0 Å². The fraction of sp³-hybridized carbons (Fsp3) is 0.429. The molecule has 0 saturated heterocycles. The van der Waals surface area contributed by atoms with Crippen molar-refractivity contribution >= 4 is 40.1 Å². The number of para-hydroxylation sites is 1. The van der Waals surface area contributed by atoms with Gasteiger partial charge in [0.2, 0.25) is 5.91 Å². The molecule has 0 aliphatic carbocycles. The number of carbonyl (C=O) groups excluding carboxylic acids is 1. The molecule has 108 valence electrons. The van der Waals surface area contributed by atoms with E-state index in [2.05, 4.69) is 4.98 Å². The van der Waals surface area contributed by atoms with Crippen LogP contribution in [0.2, 0.25) is 5.02 Å². The SMILES string of the molecule is CCN(C)C(=O)Cn1c(C(C)Cl)nc2cccc(Cl)c21. The van der Waals surface area contributed by atoms with Crippen LogP contribution in [0.4, 0.5) is 0 Å². The minimum absolute atomic E-state index is 0.00489. The van der Waals surface area contributed by atoms with Gasteiger partial charge in [0.1, 0.15) is 12.4 Å². The van der Waals surface area contributed by atoms with E-state index in [0.717, 1.165) is 11.0 Å². The molecule has 1 aromatic heterocycles. The van der Waals surface area contributed by atoms with Crippen molar-refractivity contribution in [2.24, 2.45) is 0 Å². The number of nitrogens with zero attached hydrogens (tertiary/aromatic N) is 3. The van der Waals surface area contributed by atoms with Crippen LogP contribution in [0.1, 0.15) is 25.0 Å². The first-order chi connectivity index (χ1) is 9.45. The van der Waals surface area contributed by atoms with Crippen molar-refractivity contribution in [2.75, 3.05) is 13.6 Å². The highest BCUT2D eigenvalue weighted by atomic mass is 35.5. The summed E-state index contributed by atoms with van der Waals surface area (Å²) in [6.45, 7) is 4.62. The monoisotopic (exact) mass is 313 g/mol. The van der Waals surface area contributed by atoms with Crippen LogP contribution < -0.4 is 0 Å². The van der Waals surface area contributed by atoms with Crippen LogP contribution in [-0.2, 0) is 11.3 Å². The lowest BCUT2D eigenvalue weighted by atomic mass is 10.3. The Morgan fingerprint density at radius 1 is 1.50 bits per heavy atom. The first-order valence-electron chi connectivity index (χ1n) is 6.48. The summed E-state index contributed by atoms with van der Waals surface area (Å²) in [7, 11) is 1.77. The molecule has 0 aliphatic rings. The van der Waals surface area contributed by atoms with Crippen LogP contribution in [0, 0.1) is 0 Å². The van der Waals surface area contributed by atoms with Gasteiger partial charge in [-0.25, -0.2) is 4.98 Å². The number of imidazole rings is 1. The molecule has 4 nitrogen and oxygen atoms in total. The largest absolute Gasteiger partial charge is 0.344 e. The van der Waals surface area contributed by atoms with E-state index < -0.39 is 0 Å². The second kappa shape index (κ2) is 6.02. The topological polar surface area (TPSA) is 38.1 Å². The number of hydrogen-bond acceptors (Lipinski definition) is 2. The van der Waals surface area contributed by atoms with Gasteiger partial charge in [0, 0.05) is 13.6 Å². The molecule has 1 heterocycles. The lowest BCUT2D eigenvalue weighted by molar-refractivity contribution is -0.130. The highest BCUT2D eigenvalue weighted by molar-refractivity contribution is 6.35. The summed E-state index contributed by atoms with van der Waals surface area (Å²) in [5.74, 6) is 0.665. The van der Waals surface area contributed by atoms with Gasteiger partial charge < -0.3 is 9.47 Å². The quantitative estimate of drug-likeness (QED) is 0.811. The van der Waals surface area contributed by atoms with E-state index in [4.69, 9.17) is 23.2 Å². The second-order valence-electron chi connectivity index (χ2n) is 4.69. The van der Waals surface area contributed by atoms with E-state index in [9.17, 15) is 4.79 Å². The minimum Gasteiger partial charge on any atom is -0.344 e. The average Bonchev–Trinajstić information content (AvgIpc) is 2.78. The smallest absolute Gasteiger partial charge is 0.242 e. The highest BCUT2D eigenvalue weighted by Gasteiger charge is 2.19. The zero-order chi connectivity index (χ0) is 14.9. The molecule has 0 spiro atoms. The van der Waals surface area contributed by atoms with E-state index in [1.54, 1.807) is 18.0 Å². The maximum atomic E-state index is 12.2. The Morgan fingerprint density at radius 2 is 2.20 bits per heavy atom. The number of carbonyl (C=O) groups is 1. The number of hydrogen-bond donors (Lipinski definition) is 0. The Labute approximate surface area is 128 Å². The van der Waals surface area contributed by atoms with Gasteiger partial charge in [-0.2, -0.15) is 0 Å². The molecule has 2 rings (SSSR count). The molecule has 1 aromatic carbocycles. The maximum Gasteiger partial charge on any atom is 0.242 e. The summed E-state index contributed by atoms with van der Waals surface area (Å²) in [5.41, 5.74) is 1.52.